The van der Waals surface area contributed by atoms with Crippen LogP contribution in [0.25, 0.3) is 0 Å². The Morgan fingerprint density at radius 1 is 1.50 bits per heavy atom. The van der Waals surface area contributed by atoms with Crippen molar-refractivity contribution < 1.29 is 18.3 Å². The standard InChI is InChI=1S/C10H11ClO4S/c1-16(14,15)9(6-12)10(13)7-3-2-4-8(11)5-7/h2-5,9,12H,6H2,1H3. The van der Waals surface area contributed by atoms with Crippen LogP contribution in [-0.4, -0.2) is 37.4 Å². The van der Waals surface area contributed by atoms with Gasteiger partial charge in [-0.2, -0.15) is 0 Å². The Morgan fingerprint density at radius 3 is 2.56 bits per heavy atom. The third-order valence-corrected chi connectivity index (χ3v) is 3.72. The number of hydrogen-bond donors (Lipinski definition) is 1. The second kappa shape index (κ2) is 4.95. The number of hydrogen-bond acceptors (Lipinski definition) is 4. The molecule has 0 bridgehead atoms. The van der Waals surface area contributed by atoms with Crippen molar-refractivity contribution in [3.8, 4) is 0 Å². The van der Waals surface area contributed by atoms with Crippen LogP contribution in [0.1, 0.15) is 10.4 Å². The minimum Gasteiger partial charge on any atom is -0.395 e. The quantitative estimate of drug-likeness (QED) is 0.820. The summed E-state index contributed by atoms with van der Waals surface area (Å²) in [4.78, 5) is 11.8. The molecule has 0 aliphatic rings. The summed E-state index contributed by atoms with van der Waals surface area (Å²) in [5.41, 5.74) is 0.178. The molecule has 0 aliphatic carbocycles. The number of carbonyl (C=O) groups excluding carboxylic acids is 1. The second-order valence-corrected chi connectivity index (χ2v) is 6.04. The lowest BCUT2D eigenvalue weighted by atomic mass is 10.1. The number of carbonyl (C=O) groups is 1. The Balaban J connectivity index is 3.11. The Labute approximate surface area is 98.8 Å². The van der Waals surface area contributed by atoms with E-state index in [0.29, 0.717) is 5.02 Å². The molecule has 0 fully saturated rings. The van der Waals surface area contributed by atoms with E-state index in [1.807, 2.05) is 0 Å². The first-order valence-corrected chi connectivity index (χ1v) is 6.79. The van der Waals surface area contributed by atoms with Gasteiger partial charge >= 0.3 is 0 Å². The maximum atomic E-state index is 11.8. The van der Waals surface area contributed by atoms with Gasteiger partial charge in [0.15, 0.2) is 15.6 Å². The maximum absolute atomic E-state index is 11.8. The highest BCUT2D eigenvalue weighted by Gasteiger charge is 2.28. The summed E-state index contributed by atoms with van der Waals surface area (Å²) in [7, 11) is -3.62. The average molecular weight is 263 g/mol. The van der Waals surface area contributed by atoms with Gasteiger partial charge in [-0.05, 0) is 12.1 Å². The van der Waals surface area contributed by atoms with Crippen LogP contribution in [0.15, 0.2) is 24.3 Å². The molecule has 1 atom stereocenters. The minimum absolute atomic E-state index is 0.178. The van der Waals surface area contributed by atoms with E-state index in [4.69, 9.17) is 16.7 Å². The summed E-state index contributed by atoms with van der Waals surface area (Å²) in [6.07, 6.45) is 0.913. The third kappa shape index (κ3) is 3.04. The van der Waals surface area contributed by atoms with Gasteiger partial charge in [0, 0.05) is 16.8 Å². The number of ketones is 1. The van der Waals surface area contributed by atoms with Crippen LogP contribution in [-0.2, 0) is 9.84 Å². The van der Waals surface area contributed by atoms with E-state index in [9.17, 15) is 13.2 Å². The Hall–Kier alpha value is -0.910. The molecule has 16 heavy (non-hydrogen) atoms. The highest BCUT2D eigenvalue weighted by Crippen LogP contribution is 2.14. The summed E-state index contributed by atoms with van der Waals surface area (Å²) in [6, 6.07) is 5.96. The van der Waals surface area contributed by atoms with Crippen LogP contribution in [0.4, 0.5) is 0 Å². The molecule has 0 spiro atoms. The molecule has 1 aromatic carbocycles. The fraction of sp³-hybridized carbons (Fsp3) is 0.300. The van der Waals surface area contributed by atoms with E-state index in [2.05, 4.69) is 0 Å². The smallest absolute Gasteiger partial charge is 0.183 e. The molecule has 0 aliphatic heterocycles. The molecular formula is C10H11ClO4S. The van der Waals surface area contributed by atoms with Crippen molar-refractivity contribution in [2.75, 3.05) is 12.9 Å². The summed E-state index contributed by atoms with van der Waals surface area (Å²) in [5, 5.41) is 7.85. The second-order valence-electron chi connectivity index (χ2n) is 3.38. The largest absolute Gasteiger partial charge is 0.395 e. The molecule has 0 radical (unpaired) electrons. The molecule has 1 N–H and O–H groups in total. The van der Waals surface area contributed by atoms with Crippen LogP contribution in [0.3, 0.4) is 0 Å². The van der Waals surface area contributed by atoms with Crippen molar-refractivity contribution in [2.45, 2.75) is 5.25 Å². The predicted molar refractivity (Wildman–Crippen MR) is 61.5 cm³/mol. The van der Waals surface area contributed by atoms with Gasteiger partial charge in [0.2, 0.25) is 0 Å². The van der Waals surface area contributed by atoms with Crippen LogP contribution >= 0.6 is 11.6 Å². The van der Waals surface area contributed by atoms with Crippen molar-refractivity contribution >= 4 is 27.2 Å². The molecule has 0 saturated heterocycles. The van der Waals surface area contributed by atoms with Crippen LogP contribution in [0, 0.1) is 0 Å². The molecule has 0 saturated carbocycles. The van der Waals surface area contributed by atoms with Crippen molar-refractivity contribution in [1.29, 1.82) is 0 Å². The number of benzene rings is 1. The van der Waals surface area contributed by atoms with Gasteiger partial charge in [0.1, 0.15) is 5.25 Å². The summed E-state index contributed by atoms with van der Waals surface area (Å²) in [5.74, 6) is -0.646. The zero-order valence-corrected chi connectivity index (χ0v) is 10.1. The summed E-state index contributed by atoms with van der Waals surface area (Å²) < 4.78 is 22.5. The van der Waals surface area contributed by atoms with Gasteiger partial charge in [-0.25, -0.2) is 8.42 Å². The van der Waals surface area contributed by atoms with Gasteiger partial charge in [-0.15, -0.1) is 0 Å². The van der Waals surface area contributed by atoms with E-state index in [1.54, 1.807) is 12.1 Å². The van der Waals surface area contributed by atoms with E-state index in [0.717, 1.165) is 6.26 Å². The lowest BCUT2D eigenvalue weighted by Crippen LogP contribution is -2.33. The Kier molecular flexibility index (Phi) is 4.07. The fourth-order valence-corrected chi connectivity index (χ4v) is 2.23. The van der Waals surface area contributed by atoms with E-state index >= 15 is 0 Å². The molecule has 4 nitrogen and oxygen atoms in total. The van der Waals surface area contributed by atoms with Crippen molar-refractivity contribution in [3.63, 3.8) is 0 Å². The highest BCUT2D eigenvalue weighted by atomic mass is 35.5. The molecular weight excluding hydrogens is 252 g/mol. The Bertz CT molecular complexity index is 495. The molecule has 0 heterocycles. The number of sulfone groups is 1. The van der Waals surface area contributed by atoms with Crippen LogP contribution in [0.2, 0.25) is 5.02 Å². The zero-order chi connectivity index (χ0) is 12.3. The van der Waals surface area contributed by atoms with E-state index in [-0.39, 0.29) is 5.56 Å². The van der Waals surface area contributed by atoms with Gasteiger partial charge < -0.3 is 5.11 Å². The molecule has 1 unspecified atom stereocenters. The highest BCUT2D eigenvalue weighted by molar-refractivity contribution is 7.92. The van der Waals surface area contributed by atoms with Gasteiger partial charge in [0.25, 0.3) is 0 Å². The fourth-order valence-electron chi connectivity index (χ4n) is 1.24. The number of rotatable bonds is 4. The van der Waals surface area contributed by atoms with Crippen LogP contribution < -0.4 is 0 Å². The van der Waals surface area contributed by atoms with Gasteiger partial charge in [-0.3, -0.25) is 4.79 Å². The molecule has 0 amide bonds. The van der Waals surface area contributed by atoms with Gasteiger partial charge in [0.05, 0.1) is 6.61 Å². The number of halogens is 1. The summed E-state index contributed by atoms with van der Waals surface area (Å²) in [6.45, 7) is -0.732. The average Bonchev–Trinajstić information content (AvgIpc) is 2.16. The first-order valence-electron chi connectivity index (χ1n) is 4.45. The first-order chi connectivity index (χ1) is 7.36. The Morgan fingerprint density at radius 2 is 2.12 bits per heavy atom. The maximum Gasteiger partial charge on any atom is 0.183 e. The number of Topliss-reactive ketones (excluding diaryl/α,β-unsaturated/α-hetero) is 1. The van der Waals surface area contributed by atoms with Crippen molar-refractivity contribution in [1.82, 2.24) is 0 Å². The molecule has 1 aromatic rings. The van der Waals surface area contributed by atoms with Crippen molar-refractivity contribution in [2.24, 2.45) is 0 Å². The summed E-state index contributed by atoms with van der Waals surface area (Å²) >= 11 is 5.69. The van der Waals surface area contributed by atoms with Crippen LogP contribution in [0.5, 0.6) is 0 Å². The molecule has 6 heteroatoms. The predicted octanol–water partition coefficient (Wildman–Crippen LogP) is 0.928. The van der Waals surface area contributed by atoms with Gasteiger partial charge in [-0.1, -0.05) is 23.7 Å². The number of aliphatic hydroxyl groups is 1. The first kappa shape index (κ1) is 13.2. The zero-order valence-electron chi connectivity index (χ0n) is 8.55. The lowest BCUT2D eigenvalue weighted by molar-refractivity contribution is 0.0962. The molecule has 88 valence electrons. The van der Waals surface area contributed by atoms with Crippen molar-refractivity contribution in [3.05, 3.63) is 34.9 Å². The minimum atomic E-state index is -3.62. The normalized spacial score (nSPS) is 13.4. The SMILES string of the molecule is CS(=O)(=O)C(CO)C(=O)c1cccc(Cl)c1. The third-order valence-electron chi connectivity index (χ3n) is 2.08. The lowest BCUT2D eigenvalue weighted by Gasteiger charge is -2.10. The van der Waals surface area contributed by atoms with E-state index in [1.165, 1.54) is 12.1 Å². The van der Waals surface area contributed by atoms with E-state index < -0.39 is 27.5 Å². The molecule has 1 rings (SSSR count). The topological polar surface area (TPSA) is 71.4 Å². The monoisotopic (exact) mass is 262 g/mol. The number of aliphatic hydroxyl groups excluding tert-OH is 1. The molecule has 0 aromatic heterocycles.